The molecule has 0 aliphatic heterocycles. The zero-order chi connectivity index (χ0) is 13.1. The van der Waals surface area contributed by atoms with Crippen LogP contribution in [0.3, 0.4) is 0 Å². The van der Waals surface area contributed by atoms with Crippen LogP contribution in [0.1, 0.15) is 11.1 Å². The predicted octanol–water partition coefficient (Wildman–Crippen LogP) is 5.05. The Bertz CT molecular complexity index is 570. The van der Waals surface area contributed by atoms with Crippen molar-refractivity contribution in [3.8, 4) is 0 Å². The zero-order valence-electron chi connectivity index (χ0n) is 9.81. The SMILES string of the molecule is Cc1cccc(NCc2ccc(Cl)cc2F)c1Cl. The van der Waals surface area contributed by atoms with Gasteiger partial charge in [-0.3, -0.25) is 0 Å². The molecule has 0 heterocycles. The first-order valence-electron chi connectivity index (χ1n) is 5.51. The molecular formula is C14H12Cl2FN. The van der Waals surface area contributed by atoms with E-state index >= 15 is 0 Å². The molecule has 1 N–H and O–H groups in total. The Morgan fingerprint density at radius 2 is 1.94 bits per heavy atom. The molecule has 0 bridgehead atoms. The maximum Gasteiger partial charge on any atom is 0.129 e. The van der Waals surface area contributed by atoms with E-state index in [1.54, 1.807) is 12.1 Å². The minimum absolute atomic E-state index is 0.321. The fourth-order valence-corrected chi connectivity index (χ4v) is 1.99. The van der Waals surface area contributed by atoms with Gasteiger partial charge in [0.15, 0.2) is 0 Å². The Morgan fingerprint density at radius 3 is 2.67 bits per heavy atom. The Labute approximate surface area is 116 Å². The zero-order valence-corrected chi connectivity index (χ0v) is 11.3. The molecule has 0 spiro atoms. The summed E-state index contributed by atoms with van der Waals surface area (Å²) < 4.78 is 13.6. The molecule has 0 amide bonds. The number of hydrogen-bond donors (Lipinski definition) is 1. The second kappa shape index (κ2) is 5.59. The average Bonchev–Trinajstić information content (AvgIpc) is 2.33. The smallest absolute Gasteiger partial charge is 0.129 e. The summed E-state index contributed by atoms with van der Waals surface area (Å²) in [6.07, 6.45) is 0. The molecular weight excluding hydrogens is 272 g/mol. The standard InChI is InChI=1S/C14H12Cl2FN/c1-9-3-2-4-13(14(9)16)18-8-10-5-6-11(15)7-12(10)17/h2-7,18H,8H2,1H3. The van der Waals surface area contributed by atoms with Gasteiger partial charge in [0, 0.05) is 17.1 Å². The largest absolute Gasteiger partial charge is 0.380 e. The van der Waals surface area contributed by atoms with E-state index in [1.807, 2.05) is 25.1 Å². The summed E-state index contributed by atoms with van der Waals surface area (Å²) in [5.41, 5.74) is 2.33. The summed E-state index contributed by atoms with van der Waals surface area (Å²) in [5, 5.41) is 4.17. The quantitative estimate of drug-likeness (QED) is 0.831. The third-order valence-corrected chi connectivity index (χ3v) is 3.41. The van der Waals surface area contributed by atoms with Crippen LogP contribution in [0.25, 0.3) is 0 Å². The molecule has 1 nitrogen and oxygen atoms in total. The summed E-state index contributed by atoms with van der Waals surface area (Å²) in [5.74, 6) is -0.321. The number of rotatable bonds is 3. The summed E-state index contributed by atoms with van der Waals surface area (Å²) >= 11 is 11.8. The van der Waals surface area contributed by atoms with Gasteiger partial charge in [0.1, 0.15) is 5.82 Å². The molecule has 0 saturated carbocycles. The minimum Gasteiger partial charge on any atom is -0.380 e. The Morgan fingerprint density at radius 1 is 1.17 bits per heavy atom. The first kappa shape index (κ1) is 13.2. The van der Waals surface area contributed by atoms with Crippen molar-refractivity contribution >= 4 is 28.9 Å². The molecule has 0 saturated heterocycles. The van der Waals surface area contributed by atoms with Gasteiger partial charge in [-0.25, -0.2) is 4.39 Å². The van der Waals surface area contributed by atoms with Crippen LogP contribution in [0.4, 0.5) is 10.1 Å². The first-order valence-corrected chi connectivity index (χ1v) is 6.26. The van der Waals surface area contributed by atoms with E-state index in [9.17, 15) is 4.39 Å². The number of anilines is 1. The van der Waals surface area contributed by atoms with Crippen molar-refractivity contribution in [2.24, 2.45) is 0 Å². The lowest BCUT2D eigenvalue weighted by atomic mass is 10.2. The summed E-state index contributed by atoms with van der Waals surface area (Å²) in [4.78, 5) is 0. The van der Waals surface area contributed by atoms with Gasteiger partial charge >= 0.3 is 0 Å². The molecule has 0 aliphatic carbocycles. The lowest BCUT2D eigenvalue weighted by Gasteiger charge is -2.10. The molecule has 0 atom stereocenters. The van der Waals surface area contributed by atoms with Crippen LogP contribution in [-0.2, 0) is 6.54 Å². The third-order valence-electron chi connectivity index (χ3n) is 2.68. The normalized spacial score (nSPS) is 10.4. The van der Waals surface area contributed by atoms with Gasteiger partial charge in [-0.2, -0.15) is 0 Å². The van der Waals surface area contributed by atoms with Crippen molar-refractivity contribution in [1.29, 1.82) is 0 Å². The molecule has 2 aromatic rings. The number of aryl methyl sites for hydroxylation is 1. The summed E-state index contributed by atoms with van der Waals surface area (Å²) in [6, 6.07) is 10.3. The van der Waals surface area contributed by atoms with Crippen LogP contribution < -0.4 is 5.32 Å². The summed E-state index contributed by atoms with van der Waals surface area (Å²) in [6.45, 7) is 2.29. The van der Waals surface area contributed by atoms with E-state index in [0.29, 0.717) is 22.2 Å². The lowest BCUT2D eigenvalue weighted by Crippen LogP contribution is -2.02. The number of hydrogen-bond acceptors (Lipinski definition) is 1. The molecule has 0 aromatic heterocycles. The van der Waals surface area contributed by atoms with E-state index in [2.05, 4.69) is 5.32 Å². The Hall–Kier alpha value is -1.25. The molecule has 0 radical (unpaired) electrons. The molecule has 94 valence electrons. The first-order chi connectivity index (χ1) is 8.58. The van der Waals surface area contributed by atoms with Gasteiger partial charge < -0.3 is 5.32 Å². The highest BCUT2D eigenvalue weighted by atomic mass is 35.5. The van der Waals surface area contributed by atoms with E-state index in [1.165, 1.54) is 6.07 Å². The molecule has 0 unspecified atom stereocenters. The molecule has 18 heavy (non-hydrogen) atoms. The fourth-order valence-electron chi connectivity index (χ4n) is 1.64. The van der Waals surface area contributed by atoms with Gasteiger partial charge in [0.25, 0.3) is 0 Å². The predicted molar refractivity (Wildman–Crippen MR) is 74.9 cm³/mol. The van der Waals surface area contributed by atoms with Crippen LogP contribution in [0.5, 0.6) is 0 Å². The van der Waals surface area contributed by atoms with Crippen molar-refractivity contribution in [3.05, 3.63) is 63.4 Å². The van der Waals surface area contributed by atoms with E-state index in [0.717, 1.165) is 11.3 Å². The van der Waals surface area contributed by atoms with E-state index < -0.39 is 0 Å². The maximum atomic E-state index is 13.6. The fraction of sp³-hybridized carbons (Fsp3) is 0.143. The molecule has 2 aromatic carbocycles. The van der Waals surface area contributed by atoms with Crippen molar-refractivity contribution in [1.82, 2.24) is 0 Å². The maximum absolute atomic E-state index is 13.6. The van der Waals surface area contributed by atoms with Crippen molar-refractivity contribution in [3.63, 3.8) is 0 Å². The molecule has 2 rings (SSSR count). The Kier molecular flexibility index (Phi) is 4.10. The second-order valence-corrected chi connectivity index (χ2v) is 4.84. The molecule has 4 heteroatoms. The van der Waals surface area contributed by atoms with Crippen molar-refractivity contribution < 1.29 is 4.39 Å². The number of halogens is 3. The lowest BCUT2D eigenvalue weighted by molar-refractivity contribution is 0.613. The van der Waals surface area contributed by atoms with Crippen molar-refractivity contribution in [2.45, 2.75) is 13.5 Å². The van der Waals surface area contributed by atoms with Crippen LogP contribution in [0.2, 0.25) is 10.0 Å². The highest BCUT2D eigenvalue weighted by molar-refractivity contribution is 6.34. The van der Waals surface area contributed by atoms with Gasteiger partial charge in [0.05, 0.1) is 10.7 Å². The highest BCUT2D eigenvalue weighted by Crippen LogP contribution is 2.26. The van der Waals surface area contributed by atoms with Crippen LogP contribution in [-0.4, -0.2) is 0 Å². The average molecular weight is 284 g/mol. The number of nitrogens with one attached hydrogen (secondary N) is 1. The topological polar surface area (TPSA) is 12.0 Å². The minimum atomic E-state index is -0.321. The van der Waals surface area contributed by atoms with Gasteiger partial charge in [0.2, 0.25) is 0 Å². The molecule has 0 aliphatic rings. The van der Waals surface area contributed by atoms with Crippen LogP contribution in [0, 0.1) is 12.7 Å². The molecule has 0 fully saturated rings. The van der Waals surface area contributed by atoms with E-state index in [-0.39, 0.29) is 5.82 Å². The highest BCUT2D eigenvalue weighted by Gasteiger charge is 2.05. The second-order valence-electron chi connectivity index (χ2n) is 4.03. The Balaban J connectivity index is 2.14. The van der Waals surface area contributed by atoms with Gasteiger partial charge in [-0.15, -0.1) is 0 Å². The van der Waals surface area contributed by atoms with E-state index in [4.69, 9.17) is 23.2 Å². The van der Waals surface area contributed by atoms with Crippen LogP contribution >= 0.6 is 23.2 Å². The summed E-state index contributed by atoms with van der Waals surface area (Å²) in [7, 11) is 0. The van der Waals surface area contributed by atoms with Crippen molar-refractivity contribution in [2.75, 3.05) is 5.32 Å². The van der Waals surface area contributed by atoms with Gasteiger partial charge in [-0.05, 0) is 30.7 Å². The third kappa shape index (κ3) is 2.95. The van der Waals surface area contributed by atoms with Gasteiger partial charge in [-0.1, -0.05) is 41.4 Å². The number of benzene rings is 2. The van der Waals surface area contributed by atoms with Crippen LogP contribution in [0.15, 0.2) is 36.4 Å². The monoisotopic (exact) mass is 283 g/mol.